The first-order valence-electron chi connectivity index (χ1n) is 11.6. The number of carbonyl (C=O) groups is 3. The van der Waals surface area contributed by atoms with Gasteiger partial charge in [-0.05, 0) is 68.5 Å². The molecule has 1 saturated heterocycles. The number of carboxylic acid groups (broad SMARTS) is 1. The van der Waals surface area contributed by atoms with E-state index in [1.54, 1.807) is 6.92 Å². The van der Waals surface area contributed by atoms with Crippen LogP contribution in [0.5, 0.6) is 0 Å². The lowest BCUT2D eigenvalue weighted by molar-refractivity contribution is -0.139. The highest BCUT2D eigenvalue weighted by atomic mass is 35.5. The van der Waals surface area contributed by atoms with E-state index in [-0.39, 0.29) is 44.1 Å². The van der Waals surface area contributed by atoms with Gasteiger partial charge < -0.3 is 10.0 Å². The molecule has 0 radical (unpaired) electrons. The minimum atomic E-state index is -4.55. The van der Waals surface area contributed by atoms with E-state index in [4.69, 9.17) is 23.2 Å². The molecular formula is C26H23Cl2F3N2O4. The smallest absolute Gasteiger partial charge is 0.416 e. The maximum atomic E-state index is 13.7. The molecule has 37 heavy (non-hydrogen) atoms. The van der Waals surface area contributed by atoms with E-state index in [9.17, 15) is 32.7 Å². The molecule has 0 bridgehead atoms. The van der Waals surface area contributed by atoms with E-state index in [1.165, 1.54) is 34.7 Å². The molecule has 2 heterocycles. The summed E-state index contributed by atoms with van der Waals surface area (Å²) in [4.78, 5) is 39.9. The van der Waals surface area contributed by atoms with Crippen molar-refractivity contribution in [1.29, 1.82) is 0 Å². The van der Waals surface area contributed by atoms with Gasteiger partial charge in [-0.25, -0.2) is 0 Å². The van der Waals surface area contributed by atoms with Crippen LogP contribution in [-0.2, 0) is 11.0 Å². The molecule has 0 aliphatic carbocycles. The molecule has 0 saturated carbocycles. The normalized spacial score (nSPS) is 16.3. The van der Waals surface area contributed by atoms with Crippen molar-refractivity contribution in [3.8, 4) is 0 Å². The lowest BCUT2D eigenvalue weighted by atomic mass is 9.97. The van der Waals surface area contributed by atoms with Crippen molar-refractivity contribution in [2.75, 3.05) is 6.54 Å². The van der Waals surface area contributed by atoms with Crippen molar-refractivity contribution >= 4 is 51.9 Å². The zero-order chi connectivity index (χ0) is 27.2. The summed E-state index contributed by atoms with van der Waals surface area (Å²) >= 11 is 12.9. The van der Waals surface area contributed by atoms with Gasteiger partial charge in [-0.1, -0.05) is 23.2 Å². The number of nitrogens with zero attached hydrogens (tertiary/aromatic N) is 2. The Hall–Kier alpha value is -3.04. The number of alkyl halides is 3. The Balaban J connectivity index is 1.79. The fraction of sp³-hybridized carbons (Fsp3) is 0.346. The highest BCUT2D eigenvalue weighted by Gasteiger charge is 2.34. The fourth-order valence-electron chi connectivity index (χ4n) is 4.92. The van der Waals surface area contributed by atoms with Crippen molar-refractivity contribution < 1.29 is 32.7 Å². The summed E-state index contributed by atoms with van der Waals surface area (Å²) in [5.74, 6) is -2.24. The molecule has 1 atom stereocenters. The molecule has 6 nitrogen and oxygen atoms in total. The van der Waals surface area contributed by atoms with Gasteiger partial charge in [-0.15, -0.1) is 0 Å². The van der Waals surface area contributed by atoms with Gasteiger partial charge in [0.05, 0.1) is 38.7 Å². The minimum absolute atomic E-state index is 0.00373. The van der Waals surface area contributed by atoms with E-state index >= 15 is 0 Å². The van der Waals surface area contributed by atoms with E-state index in [2.05, 4.69) is 0 Å². The number of likely N-dealkylation sites (tertiary alicyclic amines) is 1. The van der Waals surface area contributed by atoms with Crippen LogP contribution in [0.4, 0.5) is 13.2 Å². The van der Waals surface area contributed by atoms with Crippen LogP contribution in [0.3, 0.4) is 0 Å². The highest BCUT2D eigenvalue weighted by molar-refractivity contribution is 6.41. The number of hydrogen-bond acceptors (Lipinski definition) is 3. The third kappa shape index (κ3) is 5.07. The topological polar surface area (TPSA) is 79.6 Å². The molecule has 3 aromatic rings. The molecule has 2 aromatic carbocycles. The molecule has 11 heteroatoms. The maximum Gasteiger partial charge on any atom is 0.416 e. The molecule has 1 aromatic heterocycles. The Morgan fingerprint density at radius 1 is 1.05 bits per heavy atom. The van der Waals surface area contributed by atoms with Gasteiger partial charge in [-0.3, -0.25) is 19.0 Å². The Bertz CT molecular complexity index is 1430. The number of hydrogen-bond donors (Lipinski definition) is 1. The van der Waals surface area contributed by atoms with Gasteiger partial charge in [0.25, 0.3) is 11.8 Å². The highest BCUT2D eigenvalue weighted by Crippen LogP contribution is 2.37. The van der Waals surface area contributed by atoms with Crippen LogP contribution in [0, 0.1) is 13.8 Å². The lowest BCUT2D eigenvalue weighted by Gasteiger charge is -2.35. The number of carbonyl (C=O) groups excluding carboxylic acids is 2. The average Bonchev–Trinajstić information content (AvgIpc) is 3.15. The van der Waals surface area contributed by atoms with E-state index < -0.39 is 35.6 Å². The van der Waals surface area contributed by atoms with Crippen molar-refractivity contribution in [2.24, 2.45) is 0 Å². The van der Waals surface area contributed by atoms with Crippen LogP contribution < -0.4 is 0 Å². The van der Waals surface area contributed by atoms with Crippen LogP contribution in [0.25, 0.3) is 10.9 Å². The maximum absolute atomic E-state index is 13.7. The largest absolute Gasteiger partial charge is 0.481 e. The quantitative estimate of drug-likeness (QED) is 0.387. The first-order valence-corrected chi connectivity index (χ1v) is 12.3. The van der Waals surface area contributed by atoms with E-state index in [1.807, 2.05) is 0 Å². The van der Waals surface area contributed by atoms with Gasteiger partial charge in [0.15, 0.2) is 0 Å². The molecular weight excluding hydrogens is 532 g/mol. The molecule has 1 unspecified atom stereocenters. The third-order valence-corrected chi connectivity index (χ3v) is 7.38. The molecule has 1 N–H and O–H groups in total. The first kappa shape index (κ1) is 27.0. The van der Waals surface area contributed by atoms with Crippen LogP contribution in [-0.4, -0.2) is 44.9 Å². The van der Waals surface area contributed by atoms with Crippen molar-refractivity contribution in [2.45, 2.75) is 51.7 Å². The number of aryl methyl sites for hydroxylation is 2. The van der Waals surface area contributed by atoms with E-state index in [0.717, 1.165) is 18.6 Å². The van der Waals surface area contributed by atoms with Gasteiger partial charge in [0.1, 0.15) is 0 Å². The van der Waals surface area contributed by atoms with Crippen molar-refractivity contribution in [3.63, 3.8) is 0 Å². The summed E-state index contributed by atoms with van der Waals surface area (Å²) < 4.78 is 41.3. The number of carboxylic acids is 1. The van der Waals surface area contributed by atoms with Crippen molar-refractivity contribution in [3.05, 3.63) is 68.3 Å². The summed E-state index contributed by atoms with van der Waals surface area (Å²) in [7, 11) is 0. The molecule has 1 aliphatic rings. The number of aromatic nitrogens is 1. The summed E-state index contributed by atoms with van der Waals surface area (Å²) in [5, 5.41) is 9.27. The van der Waals surface area contributed by atoms with Crippen LogP contribution in [0.2, 0.25) is 10.0 Å². The second kappa shape index (κ2) is 10.0. The van der Waals surface area contributed by atoms with Crippen LogP contribution in [0.1, 0.15) is 63.1 Å². The first-order chi connectivity index (χ1) is 17.3. The number of piperidine rings is 1. The number of amides is 1. The molecule has 1 aliphatic heterocycles. The molecule has 0 spiro atoms. The summed E-state index contributed by atoms with van der Waals surface area (Å²) in [6.45, 7) is 3.41. The van der Waals surface area contributed by atoms with Crippen LogP contribution in [0.15, 0.2) is 30.5 Å². The van der Waals surface area contributed by atoms with Crippen molar-refractivity contribution in [1.82, 2.24) is 9.47 Å². The number of halogens is 5. The molecule has 1 fully saturated rings. The summed E-state index contributed by atoms with van der Waals surface area (Å²) in [5.41, 5.74) is -0.0469. The fourth-order valence-corrected chi connectivity index (χ4v) is 5.54. The number of rotatable bonds is 4. The van der Waals surface area contributed by atoms with Gasteiger partial charge >= 0.3 is 12.1 Å². The Kier molecular flexibility index (Phi) is 7.32. The van der Waals surface area contributed by atoms with Gasteiger partial charge in [0, 0.05) is 24.2 Å². The molecule has 4 rings (SSSR count). The van der Waals surface area contributed by atoms with Gasteiger partial charge in [0.2, 0.25) is 0 Å². The Labute approximate surface area is 220 Å². The second-order valence-electron chi connectivity index (χ2n) is 9.20. The third-order valence-electron chi connectivity index (χ3n) is 6.67. The lowest BCUT2D eigenvalue weighted by Crippen LogP contribution is -2.45. The molecule has 1 amide bonds. The second-order valence-corrected chi connectivity index (χ2v) is 9.99. The van der Waals surface area contributed by atoms with Gasteiger partial charge in [-0.2, -0.15) is 13.2 Å². The van der Waals surface area contributed by atoms with E-state index in [0.29, 0.717) is 24.9 Å². The van der Waals surface area contributed by atoms with Crippen LogP contribution >= 0.6 is 23.2 Å². The predicted molar refractivity (Wildman–Crippen MR) is 134 cm³/mol. The number of aliphatic carboxylic acids is 1. The zero-order valence-electron chi connectivity index (χ0n) is 20.0. The summed E-state index contributed by atoms with van der Waals surface area (Å²) in [6, 6.07) is 4.19. The SMILES string of the molecule is Cc1cn(C(=O)c2c(Cl)ccc(C(=O)N3CCCCC3CC(=O)O)c2Cl)c2c(C)cc(C(F)(F)F)cc12. The summed E-state index contributed by atoms with van der Waals surface area (Å²) in [6.07, 6.45) is -1.33. The molecule has 196 valence electrons. The number of fused-ring (bicyclic) bond motifs is 1. The number of benzene rings is 2. The average molecular weight is 555 g/mol. The standard InChI is InChI=1S/C26H23Cl2F3N2O4/c1-13-9-15(26(29,30)31)10-18-14(2)12-33(23(13)18)25(37)21-19(27)7-6-17(22(21)28)24(36)32-8-4-3-5-16(32)11-20(34)35/h6-7,9-10,12,16H,3-5,8,11H2,1-2H3,(H,34,35). The predicted octanol–water partition coefficient (Wildman–Crippen LogP) is 6.74. The minimum Gasteiger partial charge on any atom is -0.481 e. The monoisotopic (exact) mass is 554 g/mol. The Morgan fingerprint density at radius 3 is 2.41 bits per heavy atom. The zero-order valence-corrected chi connectivity index (χ0v) is 21.5. The Morgan fingerprint density at radius 2 is 1.76 bits per heavy atom.